The molecule has 0 aliphatic heterocycles. The zero-order valence-corrected chi connectivity index (χ0v) is 14.2. The van der Waals surface area contributed by atoms with Gasteiger partial charge in [-0.2, -0.15) is 0 Å². The quantitative estimate of drug-likeness (QED) is 0.488. The molecule has 0 saturated carbocycles. The number of fused-ring (bicyclic) bond motifs is 1. The fourth-order valence-corrected chi connectivity index (χ4v) is 3.46. The molecule has 1 atom stereocenters. The van der Waals surface area contributed by atoms with Crippen molar-refractivity contribution in [2.75, 3.05) is 0 Å². The van der Waals surface area contributed by atoms with Crippen molar-refractivity contribution in [3.05, 3.63) is 89.6 Å². The monoisotopic (exact) mass is 322 g/mol. The molecule has 0 aromatic heterocycles. The molecule has 1 aromatic carbocycles. The predicted octanol–water partition coefficient (Wildman–Crippen LogP) is 7.66. The van der Waals surface area contributed by atoms with Gasteiger partial charge >= 0.3 is 0 Å². The summed E-state index contributed by atoms with van der Waals surface area (Å²) in [7, 11) is 0. The van der Waals surface area contributed by atoms with E-state index in [-0.39, 0.29) is 20.3 Å². The van der Waals surface area contributed by atoms with Gasteiger partial charge in [0.1, 0.15) is 0 Å². The van der Waals surface area contributed by atoms with E-state index >= 15 is 0 Å². The van der Waals surface area contributed by atoms with Crippen LogP contribution in [0.25, 0.3) is 5.57 Å². The molecule has 0 N–H and O–H groups in total. The number of hydrogen-bond acceptors (Lipinski definition) is 0. The highest BCUT2D eigenvalue weighted by molar-refractivity contribution is 5.89. The van der Waals surface area contributed by atoms with Crippen molar-refractivity contribution in [2.45, 2.75) is 54.4 Å². The van der Waals surface area contributed by atoms with Crippen molar-refractivity contribution >= 4 is 5.57 Å². The molecule has 24 heavy (non-hydrogen) atoms. The highest BCUT2D eigenvalue weighted by Gasteiger charge is 2.40. The average Bonchev–Trinajstić information content (AvgIpc) is 2.78. The summed E-state index contributed by atoms with van der Waals surface area (Å²) >= 11 is 0. The summed E-state index contributed by atoms with van der Waals surface area (Å²) in [6, 6.07) is 8.70. The first-order valence-electron chi connectivity index (χ1n) is 8.08. The van der Waals surface area contributed by atoms with Crippen LogP contribution in [-0.4, -0.2) is 0 Å². The third-order valence-corrected chi connectivity index (χ3v) is 4.54. The van der Waals surface area contributed by atoms with Gasteiger partial charge in [-0.1, -0.05) is 89.1 Å². The minimum absolute atomic E-state index is 0. The maximum Gasteiger partial charge on any atom is 0.0432 e. The molecule has 0 fully saturated rings. The van der Waals surface area contributed by atoms with Gasteiger partial charge < -0.3 is 0 Å². The van der Waals surface area contributed by atoms with Crippen molar-refractivity contribution in [3.8, 4) is 0 Å². The number of benzene rings is 1. The molecule has 0 nitrogen and oxygen atoms in total. The van der Waals surface area contributed by atoms with Gasteiger partial charge in [0.2, 0.25) is 0 Å². The van der Waals surface area contributed by atoms with Gasteiger partial charge in [0.05, 0.1) is 0 Å². The van der Waals surface area contributed by atoms with Crippen LogP contribution in [0, 0.1) is 0 Å². The minimum atomic E-state index is -0.118. The third kappa shape index (κ3) is 3.38. The van der Waals surface area contributed by atoms with E-state index in [0.29, 0.717) is 0 Å². The first-order valence-corrected chi connectivity index (χ1v) is 8.08. The molecular weight excluding hydrogens is 288 g/mol. The van der Waals surface area contributed by atoms with Gasteiger partial charge in [0, 0.05) is 5.41 Å². The van der Waals surface area contributed by atoms with Crippen LogP contribution < -0.4 is 0 Å². The van der Waals surface area contributed by atoms with Crippen LogP contribution in [0.1, 0.15) is 60.1 Å². The van der Waals surface area contributed by atoms with Crippen LogP contribution in [0.3, 0.4) is 0 Å². The van der Waals surface area contributed by atoms with Crippen molar-refractivity contribution in [1.82, 2.24) is 0 Å². The van der Waals surface area contributed by atoms with E-state index in [0.717, 1.165) is 6.42 Å². The SMILES string of the molecule is C.C.C=CC1=C(/C=C\C)C(C)(C(/C=C\CC)=C/C)c2ccccc21. The van der Waals surface area contributed by atoms with E-state index in [1.807, 2.05) is 6.08 Å². The van der Waals surface area contributed by atoms with Crippen molar-refractivity contribution < 1.29 is 0 Å². The van der Waals surface area contributed by atoms with Crippen LogP contribution in [0.4, 0.5) is 0 Å². The second kappa shape index (κ2) is 9.27. The molecule has 0 radical (unpaired) electrons. The topological polar surface area (TPSA) is 0 Å². The zero-order valence-electron chi connectivity index (χ0n) is 14.2. The smallest absolute Gasteiger partial charge is 0.0432 e. The molecule has 0 spiro atoms. The van der Waals surface area contributed by atoms with Crippen LogP contribution in [0.2, 0.25) is 0 Å². The van der Waals surface area contributed by atoms with Gasteiger partial charge in [0.25, 0.3) is 0 Å². The fraction of sp³-hybridized carbons (Fsp3) is 0.333. The van der Waals surface area contributed by atoms with Crippen LogP contribution in [-0.2, 0) is 5.41 Å². The summed E-state index contributed by atoms with van der Waals surface area (Å²) < 4.78 is 0. The molecule has 0 amide bonds. The number of hydrogen-bond donors (Lipinski definition) is 0. The zero-order chi connectivity index (χ0) is 16.2. The minimum Gasteiger partial charge on any atom is -0.0984 e. The Labute approximate surface area is 150 Å². The Morgan fingerprint density at radius 3 is 2.38 bits per heavy atom. The Balaban J connectivity index is 0.00000264. The number of allylic oxidation sites excluding steroid dienone is 9. The summed E-state index contributed by atoms with van der Waals surface area (Å²) in [5, 5.41) is 0. The lowest BCUT2D eigenvalue weighted by molar-refractivity contribution is 0.703. The van der Waals surface area contributed by atoms with E-state index in [9.17, 15) is 0 Å². The van der Waals surface area contributed by atoms with E-state index < -0.39 is 0 Å². The summed E-state index contributed by atoms with van der Waals surface area (Å²) in [6.07, 6.45) is 14.1. The molecule has 0 saturated heterocycles. The van der Waals surface area contributed by atoms with Crippen molar-refractivity contribution in [1.29, 1.82) is 0 Å². The maximum atomic E-state index is 4.06. The molecule has 0 heterocycles. The van der Waals surface area contributed by atoms with Gasteiger partial charge in [-0.05, 0) is 55.0 Å². The molecule has 1 aliphatic carbocycles. The highest BCUT2D eigenvalue weighted by atomic mass is 14.4. The Bertz CT molecular complexity index is 680. The molecule has 0 bridgehead atoms. The van der Waals surface area contributed by atoms with Gasteiger partial charge in [-0.15, -0.1) is 0 Å². The van der Waals surface area contributed by atoms with Crippen LogP contribution in [0.15, 0.2) is 78.4 Å². The summed E-state index contributed by atoms with van der Waals surface area (Å²) in [5.41, 5.74) is 6.48. The van der Waals surface area contributed by atoms with Gasteiger partial charge in [0.15, 0.2) is 0 Å². The first-order chi connectivity index (χ1) is 10.6. The van der Waals surface area contributed by atoms with Crippen LogP contribution in [0.5, 0.6) is 0 Å². The lowest BCUT2D eigenvalue weighted by Crippen LogP contribution is -2.23. The third-order valence-electron chi connectivity index (χ3n) is 4.54. The van der Waals surface area contributed by atoms with E-state index in [1.165, 1.54) is 27.8 Å². The summed E-state index contributed by atoms with van der Waals surface area (Å²) in [5.74, 6) is 0. The van der Waals surface area contributed by atoms with Crippen molar-refractivity contribution in [3.63, 3.8) is 0 Å². The Morgan fingerprint density at radius 2 is 1.83 bits per heavy atom. The maximum absolute atomic E-state index is 4.06. The largest absolute Gasteiger partial charge is 0.0984 e. The van der Waals surface area contributed by atoms with E-state index in [1.54, 1.807) is 0 Å². The standard InChI is InChI=1S/C22H26.2CH4/c1-6-10-14-17(8-3)22(5)20(13-7-2)18(9-4)19-15-11-12-16-21(19)22;;/h7-16H,4,6H2,1-3,5H3;2*1H4/b13-7-,14-10-,17-8+;;. The van der Waals surface area contributed by atoms with Gasteiger partial charge in [-0.3, -0.25) is 0 Å². The normalized spacial score (nSPS) is 20.1. The Kier molecular flexibility index (Phi) is 8.47. The molecule has 1 aliphatic rings. The van der Waals surface area contributed by atoms with Crippen molar-refractivity contribution in [2.24, 2.45) is 0 Å². The highest BCUT2D eigenvalue weighted by Crippen LogP contribution is 2.51. The molecule has 1 unspecified atom stereocenters. The lowest BCUT2D eigenvalue weighted by Gasteiger charge is -2.30. The van der Waals surface area contributed by atoms with E-state index in [4.69, 9.17) is 0 Å². The average molecular weight is 323 g/mol. The predicted molar refractivity (Wildman–Crippen MR) is 112 cm³/mol. The summed E-state index contributed by atoms with van der Waals surface area (Å²) in [6.45, 7) is 12.8. The first kappa shape index (κ1) is 21.9. The van der Waals surface area contributed by atoms with Crippen LogP contribution >= 0.6 is 0 Å². The molecule has 2 rings (SSSR count). The fourth-order valence-electron chi connectivity index (χ4n) is 3.46. The Morgan fingerprint density at radius 1 is 1.17 bits per heavy atom. The molecule has 130 valence electrons. The summed E-state index contributed by atoms with van der Waals surface area (Å²) in [4.78, 5) is 0. The molecule has 1 aromatic rings. The van der Waals surface area contributed by atoms with E-state index in [2.05, 4.69) is 88.9 Å². The molecular formula is C24H34. The Hall–Kier alpha value is -2.08. The lowest BCUT2D eigenvalue weighted by atomic mass is 9.72. The second-order valence-corrected chi connectivity index (χ2v) is 5.76. The van der Waals surface area contributed by atoms with Gasteiger partial charge in [-0.25, -0.2) is 0 Å². The second-order valence-electron chi connectivity index (χ2n) is 5.76. The number of rotatable bonds is 5. The molecule has 0 heteroatoms.